The Balaban J connectivity index is 1.77. The van der Waals surface area contributed by atoms with E-state index in [4.69, 9.17) is 15.0 Å². The van der Waals surface area contributed by atoms with Gasteiger partial charge in [0.2, 0.25) is 5.89 Å². The minimum Gasteiger partial charge on any atom is -0.378 e. The monoisotopic (exact) mass is 309 g/mol. The lowest BCUT2D eigenvalue weighted by molar-refractivity contribution is -0.0162. The minimum absolute atomic E-state index is 0.0123. The van der Waals surface area contributed by atoms with Crippen LogP contribution in [0.15, 0.2) is 10.7 Å². The number of hydrogen-bond acceptors (Lipinski definition) is 8. The maximum atomic E-state index is 5.69. The first-order chi connectivity index (χ1) is 10.1. The number of hydrogen-bond donors (Lipinski definition) is 1. The molecule has 2 aromatic heterocycles. The first-order valence-corrected chi connectivity index (χ1v) is 7.80. The van der Waals surface area contributed by atoms with Crippen molar-refractivity contribution in [1.29, 1.82) is 0 Å². The molecule has 0 spiro atoms. The summed E-state index contributed by atoms with van der Waals surface area (Å²) < 4.78 is 10.9. The van der Waals surface area contributed by atoms with Gasteiger partial charge in [-0.2, -0.15) is 4.98 Å². The van der Waals surface area contributed by atoms with Crippen LogP contribution < -0.4 is 5.73 Å². The molecule has 114 valence electrons. The lowest BCUT2D eigenvalue weighted by Crippen LogP contribution is -2.39. The maximum Gasteiger partial charge on any atom is 0.229 e. The molecule has 0 aromatic carbocycles. The van der Waals surface area contributed by atoms with Gasteiger partial charge in [-0.25, -0.2) is 4.98 Å². The predicted molar refractivity (Wildman–Crippen MR) is 78.9 cm³/mol. The number of anilines is 1. The summed E-state index contributed by atoms with van der Waals surface area (Å²) in [4.78, 5) is 12.0. The molecular formula is C13H19N5O2S. The van der Waals surface area contributed by atoms with Crippen molar-refractivity contribution in [3.8, 4) is 0 Å². The van der Waals surface area contributed by atoms with E-state index in [-0.39, 0.29) is 12.0 Å². The molecule has 0 amide bonds. The summed E-state index contributed by atoms with van der Waals surface area (Å²) in [7, 11) is 0. The fourth-order valence-corrected chi connectivity index (χ4v) is 2.99. The molecule has 0 radical (unpaired) electrons. The van der Waals surface area contributed by atoms with Crippen molar-refractivity contribution in [3.63, 3.8) is 0 Å². The van der Waals surface area contributed by atoms with Gasteiger partial charge in [-0.3, -0.25) is 4.90 Å². The van der Waals surface area contributed by atoms with Crippen molar-refractivity contribution in [2.75, 3.05) is 25.5 Å². The zero-order chi connectivity index (χ0) is 14.8. The van der Waals surface area contributed by atoms with Gasteiger partial charge in [0.1, 0.15) is 0 Å². The van der Waals surface area contributed by atoms with Crippen LogP contribution in [0.1, 0.15) is 42.4 Å². The van der Waals surface area contributed by atoms with Crippen LogP contribution in [0.25, 0.3) is 0 Å². The van der Waals surface area contributed by atoms with Gasteiger partial charge in [0.05, 0.1) is 19.3 Å². The van der Waals surface area contributed by atoms with Gasteiger partial charge in [-0.15, -0.1) is 11.3 Å². The highest BCUT2D eigenvalue weighted by molar-refractivity contribution is 7.15. The van der Waals surface area contributed by atoms with Crippen molar-refractivity contribution >= 4 is 16.5 Å². The van der Waals surface area contributed by atoms with Crippen LogP contribution in [-0.2, 0) is 11.3 Å². The minimum atomic E-state index is 0.0123. The highest BCUT2D eigenvalue weighted by Gasteiger charge is 2.29. The van der Waals surface area contributed by atoms with Crippen LogP contribution in [0.5, 0.6) is 0 Å². The van der Waals surface area contributed by atoms with E-state index in [1.54, 1.807) is 0 Å². The van der Waals surface area contributed by atoms with Crippen molar-refractivity contribution in [2.24, 2.45) is 0 Å². The Hall–Kier alpha value is -1.51. The maximum absolute atomic E-state index is 5.69. The van der Waals surface area contributed by atoms with Gasteiger partial charge in [0, 0.05) is 30.1 Å². The van der Waals surface area contributed by atoms with E-state index in [1.807, 2.05) is 20.0 Å². The second-order valence-electron chi connectivity index (χ2n) is 5.37. The summed E-state index contributed by atoms with van der Waals surface area (Å²) >= 11 is 1.51. The van der Waals surface area contributed by atoms with E-state index < -0.39 is 0 Å². The summed E-state index contributed by atoms with van der Waals surface area (Å²) in [6.45, 7) is 6.95. The summed E-state index contributed by atoms with van der Waals surface area (Å²) in [6.07, 6.45) is 1.82. The highest BCUT2D eigenvalue weighted by atomic mass is 32.1. The Morgan fingerprint density at radius 1 is 1.52 bits per heavy atom. The Labute approximate surface area is 127 Å². The topological polar surface area (TPSA) is 90.3 Å². The molecule has 1 saturated heterocycles. The van der Waals surface area contributed by atoms with Crippen LogP contribution in [0.3, 0.4) is 0 Å². The Bertz CT molecular complexity index is 597. The van der Waals surface area contributed by atoms with E-state index in [2.05, 4.69) is 20.0 Å². The van der Waals surface area contributed by atoms with Crippen molar-refractivity contribution in [1.82, 2.24) is 20.0 Å². The lowest BCUT2D eigenvalue weighted by atomic mass is 10.2. The number of morpholine rings is 1. The molecule has 0 saturated carbocycles. The van der Waals surface area contributed by atoms with Gasteiger partial charge < -0.3 is 15.0 Å². The number of nitrogens with zero attached hydrogens (tertiary/aromatic N) is 4. The second kappa shape index (κ2) is 6.08. The van der Waals surface area contributed by atoms with Crippen molar-refractivity contribution in [2.45, 2.75) is 32.4 Å². The third kappa shape index (κ3) is 3.22. The normalized spacial score (nSPS) is 20.2. The smallest absolute Gasteiger partial charge is 0.229 e. The van der Waals surface area contributed by atoms with Crippen molar-refractivity contribution in [3.05, 3.63) is 22.8 Å². The second-order valence-corrected chi connectivity index (χ2v) is 6.52. The average molecular weight is 309 g/mol. The number of thiazole rings is 1. The molecule has 0 aliphatic carbocycles. The van der Waals surface area contributed by atoms with E-state index >= 15 is 0 Å². The number of ether oxygens (including phenoxy) is 1. The number of aromatic nitrogens is 3. The predicted octanol–water partition coefficient (Wildman–Crippen LogP) is 1.81. The van der Waals surface area contributed by atoms with Crippen molar-refractivity contribution < 1.29 is 9.26 Å². The zero-order valence-corrected chi connectivity index (χ0v) is 13.0. The molecule has 21 heavy (non-hydrogen) atoms. The van der Waals surface area contributed by atoms with E-state index in [0.717, 1.165) is 18.0 Å². The molecule has 1 aliphatic rings. The SMILES string of the molecule is CC(C)c1nc(C2COCCN2Cc2cnc(N)s2)no1. The first-order valence-electron chi connectivity index (χ1n) is 6.99. The molecule has 0 bridgehead atoms. The molecule has 3 heterocycles. The van der Waals surface area contributed by atoms with E-state index in [0.29, 0.717) is 30.1 Å². The number of nitrogens with two attached hydrogens (primary N) is 1. The quantitative estimate of drug-likeness (QED) is 0.921. The summed E-state index contributed by atoms with van der Waals surface area (Å²) in [5, 5.41) is 4.71. The van der Waals surface area contributed by atoms with Crippen LogP contribution >= 0.6 is 11.3 Å². The lowest BCUT2D eigenvalue weighted by Gasteiger charge is -2.33. The molecule has 2 N–H and O–H groups in total. The molecular weight excluding hydrogens is 290 g/mol. The van der Waals surface area contributed by atoms with E-state index in [9.17, 15) is 0 Å². The molecule has 1 aliphatic heterocycles. The summed E-state index contributed by atoms with van der Waals surface area (Å²) in [5.74, 6) is 1.58. The van der Waals surface area contributed by atoms with Gasteiger partial charge in [0.15, 0.2) is 11.0 Å². The number of nitrogen functional groups attached to an aromatic ring is 1. The fourth-order valence-electron chi connectivity index (χ4n) is 2.28. The molecule has 7 nitrogen and oxygen atoms in total. The Morgan fingerprint density at radius 3 is 3.05 bits per heavy atom. The number of rotatable bonds is 4. The third-order valence-electron chi connectivity index (χ3n) is 3.42. The van der Waals surface area contributed by atoms with Crippen LogP contribution in [0.2, 0.25) is 0 Å². The summed E-state index contributed by atoms with van der Waals surface area (Å²) in [6, 6.07) is 0.0123. The summed E-state index contributed by atoms with van der Waals surface area (Å²) in [5.41, 5.74) is 5.69. The zero-order valence-electron chi connectivity index (χ0n) is 12.2. The highest BCUT2D eigenvalue weighted by Crippen LogP contribution is 2.27. The van der Waals surface area contributed by atoms with E-state index in [1.165, 1.54) is 11.3 Å². The third-order valence-corrected chi connectivity index (χ3v) is 4.23. The molecule has 2 aromatic rings. The molecule has 1 fully saturated rings. The Kier molecular flexibility index (Phi) is 4.18. The standard InChI is InChI=1S/C13H19N5O2S/c1-8(2)12-16-11(17-20-12)10-7-19-4-3-18(10)6-9-5-15-13(14)21-9/h5,8,10H,3-4,6-7H2,1-2H3,(H2,14,15). The van der Waals surface area contributed by atoms with Gasteiger partial charge in [0.25, 0.3) is 0 Å². The van der Waals surface area contributed by atoms with Crippen LogP contribution in [0, 0.1) is 0 Å². The van der Waals surface area contributed by atoms with Crippen LogP contribution in [-0.4, -0.2) is 39.8 Å². The molecule has 1 atom stereocenters. The van der Waals surface area contributed by atoms with Crippen LogP contribution in [0.4, 0.5) is 5.13 Å². The molecule has 3 rings (SSSR count). The average Bonchev–Trinajstić information content (AvgIpc) is 3.09. The van der Waals surface area contributed by atoms with Gasteiger partial charge in [-0.05, 0) is 0 Å². The largest absolute Gasteiger partial charge is 0.378 e. The fraction of sp³-hybridized carbons (Fsp3) is 0.615. The Morgan fingerprint density at radius 2 is 2.38 bits per heavy atom. The molecule has 8 heteroatoms. The first kappa shape index (κ1) is 14.4. The van der Waals surface area contributed by atoms with Gasteiger partial charge in [-0.1, -0.05) is 19.0 Å². The van der Waals surface area contributed by atoms with Gasteiger partial charge >= 0.3 is 0 Å². The molecule has 1 unspecified atom stereocenters.